The Morgan fingerprint density at radius 2 is 1.95 bits per heavy atom. The van der Waals surface area contributed by atoms with E-state index >= 15 is 0 Å². The predicted octanol–water partition coefficient (Wildman–Crippen LogP) is 3.36. The van der Waals surface area contributed by atoms with Crippen LogP contribution in [0.15, 0.2) is 24.3 Å². The zero-order valence-electron chi connectivity index (χ0n) is 13.3. The minimum absolute atomic E-state index is 0.493. The van der Waals surface area contributed by atoms with E-state index in [0.29, 0.717) is 12.1 Å². The standard InChI is InChI=1S/C18H28N2O/c1-14(15-6-10-18(21-2)11-7-15)20(17-8-9-17)13-16-5-3-4-12-19-16/h6-7,10-11,14,16-17,19H,3-5,8-9,12-13H2,1-2H3. The summed E-state index contributed by atoms with van der Waals surface area (Å²) in [5, 5.41) is 3.70. The third kappa shape index (κ3) is 3.78. The smallest absolute Gasteiger partial charge is 0.118 e. The lowest BCUT2D eigenvalue weighted by Gasteiger charge is -2.35. The molecule has 1 saturated carbocycles. The Morgan fingerprint density at radius 1 is 1.19 bits per heavy atom. The highest BCUT2D eigenvalue weighted by molar-refractivity contribution is 5.29. The molecule has 1 aliphatic heterocycles. The van der Waals surface area contributed by atoms with Crippen molar-refractivity contribution in [3.63, 3.8) is 0 Å². The molecular weight excluding hydrogens is 260 g/mol. The van der Waals surface area contributed by atoms with Crippen LogP contribution in [-0.2, 0) is 0 Å². The second-order valence-corrected chi connectivity index (χ2v) is 6.52. The van der Waals surface area contributed by atoms with Gasteiger partial charge in [-0.25, -0.2) is 0 Å². The first kappa shape index (κ1) is 14.9. The van der Waals surface area contributed by atoms with Crippen molar-refractivity contribution in [1.29, 1.82) is 0 Å². The quantitative estimate of drug-likeness (QED) is 0.868. The number of methoxy groups -OCH3 is 1. The second kappa shape index (κ2) is 6.80. The molecule has 1 N–H and O–H groups in total. The van der Waals surface area contributed by atoms with Crippen LogP contribution in [0.5, 0.6) is 5.75 Å². The van der Waals surface area contributed by atoms with E-state index in [9.17, 15) is 0 Å². The van der Waals surface area contributed by atoms with E-state index in [1.165, 1.54) is 50.8 Å². The van der Waals surface area contributed by atoms with Gasteiger partial charge in [0.2, 0.25) is 0 Å². The number of hydrogen-bond acceptors (Lipinski definition) is 3. The van der Waals surface area contributed by atoms with E-state index < -0.39 is 0 Å². The number of hydrogen-bond donors (Lipinski definition) is 1. The highest BCUT2D eigenvalue weighted by Crippen LogP contribution is 2.35. The number of benzene rings is 1. The Balaban J connectivity index is 1.66. The van der Waals surface area contributed by atoms with Crippen molar-refractivity contribution < 1.29 is 4.74 Å². The SMILES string of the molecule is COc1ccc(C(C)N(CC2CCCCN2)C2CC2)cc1. The first-order valence-electron chi connectivity index (χ1n) is 8.41. The molecule has 2 aliphatic rings. The van der Waals surface area contributed by atoms with Crippen LogP contribution >= 0.6 is 0 Å². The Labute approximate surface area is 128 Å². The molecule has 1 saturated heterocycles. The van der Waals surface area contributed by atoms with Crippen molar-refractivity contribution in [3.05, 3.63) is 29.8 Å². The molecule has 0 aromatic heterocycles. The highest BCUT2D eigenvalue weighted by atomic mass is 16.5. The number of nitrogens with one attached hydrogen (secondary N) is 1. The van der Waals surface area contributed by atoms with E-state index in [0.717, 1.165) is 11.8 Å². The maximum Gasteiger partial charge on any atom is 0.118 e. The third-order valence-electron chi connectivity index (χ3n) is 4.96. The maximum atomic E-state index is 5.27. The van der Waals surface area contributed by atoms with E-state index in [2.05, 4.69) is 41.4 Å². The van der Waals surface area contributed by atoms with Crippen LogP contribution in [-0.4, -0.2) is 37.2 Å². The lowest BCUT2D eigenvalue weighted by Crippen LogP contribution is -2.45. The van der Waals surface area contributed by atoms with E-state index in [4.69, 9.17) is 4.74 Å². The maximum absolute atomic E-state index is 5.27. The van der Waals surface area contributed by atoms with Crippen molar-refractivity contribution in [1.82, 2.24) is 10.2 Å². The second-order valence-electron chi connectivity index (χ2n) is 6.52. The van der Waals surface area contributed by atoms with Gasteiger partial charge < -0.3 is 10.1 Å². The first-order valence-corrected chi connectivity index (χ1v) is 8.41. The fourth-order valence-electron chi connectivity index (χ4n) is 3.44. The van der Waals surface area contributed by atoms with Crippen molar-refractivity contribution in [2.45, 2.75) is 57.2 Å². The summed E-state index contributed by atoms with van der Waals surface area (Å²) in [5.74, 6) is 0.942. The van der Waals surface area contributed by atoms with E-state index in [1.807, 2.05) is 0 Å². The predicted molar refractivity (Wildman–Crippen MR) is 86.8 cm³/mol. The summed E-state index contributed by atoms with van der Waals surface area (Å²) >= 11 is 0. The summed E-state index contributed by atoms with van der Waals surface area (Å²) in [6, 6.07) is 10.6. The lowest BCUT2D eigenvalue weighted by atomic mass is 10.0. The first-order chi connectivity index (χ1) is 10.3. The molecule has 1 aromatic rings. The summed E-state index contributed by atoms with van der Waals surface area (Å²) in [5.41, 5.74) is 1.40. The molecule has 2 atom stereocenters. The van der Waals surface area contributed by atoms with Crippen LogP contribution in [0.3, 0.4) is 0 Å². The normalized spacial score (nSPS) is 24.0. The molecule has 1 aliphatic carbocycles. The Morgan fingerprint density at radius 3 is 2.52 bits per heavy atom. The topological polar surface area (TPSA) is 24.5 Å². The van der Waals surface area contributed by atoms with E-state index in [-0.39, 0.29) is 0 Å². The van der Waals surface area contributed by atoms with Gasteiger partial charge in [0, 0.05) is 24.7 Å². The van der Waals surface area contributed by atoms with Crippen LogP contribution in [0.1, 0.15) is 50.6 Å². The molecule has 0 bridgehead atoms. The van der Waals surface area contributed by atoms with Crippen LogP contribution < -0.4 is 10.1 Å². The summed E-state index contributed by atoms with van der Waals surface area (Å²) in [6.45, 7) is 4.74. The minimum atomic E-state index is 0.493. The molecule has 3 heteroatoms. The van der Waals surface area contributed by atoms with Crippen LogP contribution in [0.25, 0.3) is 0 Å². The molecule has 2 fully saturated rings. The fraction of sp³-hybridized carbons (Fsp3) is 0.667. The van der Waals surface area contributed by atoms with Gasteiger partial charge in [-0.05, 0) is 56.8 Å². The Kier molecular flexibility index (Phi) is 4.81. The molecule has 0 radical (unpaired) electrons. The van der Waals surface area contributed by atoms with Gasteiger partial charge in [-0.2, -0.15) is 0 Å². The van der Waals surface area contributed by atoms with E-state index in [1.54, 1.807) is 7.11 Å². The highest BCUT2D eigenvalue weighted by Gasteiger charge is 2.34. The van der Waals surface area contributed by atoms with Gasteiger partial charge in [0.15, 0.2) is 0 Å². The van der Waals surface area contributed by atoms with Crippen molar-refractivity contribution >= 4 is 0 Å². The third-order valence-corrected chi connectivity index (χ3v) is 4.96. The van der Waals surface area contributed by atoms with Gasteiger partial charge in [-0.3, -0.25) is 4.90 Å². The fourth-order valence-corrected chi connectivity index (χ4v) is 3.44. The molecule has 0 amide bonds. The van der Waals surface area contributed by atoms with Gasteiger partial charge in [0.25, 0.3) is 0 Å². The summed E-state index contributed by atoms with van der Waals surface area (Å²) < 4.78 is 5.27. The average molecular weight is 288 g/mol. The van der Waals surface area contributed by atoms with Crippen molar-refractivity contribution in [3.8, 4) is 5.75 Å². The zero-order valence-corrected chi connectivity index (χ0v) is 13.3. The molecule has 0 spiro atoms. The number of nitrogens with zero attached hydrogens (tertiary/aromatic N) is 1. The monoisotopic (exact) mass is 288 g/mol. The molecule has 1 heterocycles. The summed E-state index contributed by atoms with van der Waals surface area (Å²) in [7, 11) is 1.73. The Hall–Kier alpha value is -1.06. The summed E-state index contributed by atoms with van der Waals surface area (Å²) in [4.78, 5) is 2.71. The average Bonchev–Trinajstić information content (AvgIpc) is 3.38. The van der Waals surface area contributed by atoms with Crippen molar-refractivity contribution in [2.24, 2.45) is 0 Å². The van der Waals surface area contributed by atoms with Gasteiger partial charge in [0.1, 0.15) is 5.75 Å². The molecule has 1 aromatic carbocycles. The van der Waals surface area contributed by atoms with Gasteiger partial charge in [-0.15, -0.1) is 0 Å². The number of rotatable bonds is 6. The van der Waals surface area contributed by atoms with Gasteiger partial charge >= 0.3 is 0 Å². The summed E-state index contributed by atoms with van der Waals surface area (Å²) in [6.07, 6.45) is 6.79. The largest absolute Gasteiger partial charge is 0.497 e. The Bertz CT molecular complexity index is 435. The minimum Gasteiger partial charge on any atom is -0.497 e. The van der Waals surface area contributed by atoms with Gasteiger partial charge in [-0.1, -0.05) is 18.6 Å². The zero-order chi connectivity index (χ0) is 14.7. The molecule has 21 heavy (non-hydrogen) atoms. The van der Waals surface area contributed by atoms with Crippen LogP contribution in [0, 0.1) is 0 Å². The van der Waals surface area contributed by atoms with Crippen LogP contribution in [0.4, 0.5) is 0 Å². The number of piperidine rings is 1. The molecule has 2 unspecified atom stereocenters. The number of ether oxygens (including phenoxy) is 1. The molecular formula is C18H28N2O. The lowest BCUT2D eigenvalue weighted by molar-refractivity contribution is 0.166. The molecule has 116 valence electrons. The molecule has 3 nitrogen and oxygen atoms in total. The van der Waals surface area contributed by atoms with Crippen molar-refractivity contribution in [2.75, 3.05) is 20.2 Å². The van der Waals surface area contributed by atoms with Crippen LogP contribution in [0.2, 0.25) is 0 Å². The van der Waals surface area contributed by atoms with Gasteiger partial charge in [0.05, 0.1) is 7.11 Å². The molecule has 3 rings (SSSR count).